The summed E-state index contributed by atoms with van der Waals surface area (Å²) in [6.07, 6.45) is 0. The average molecular weight is 256 g/mol. The second-order valence-electron chi connectivity index (χ2n) is 4.65. The third-order valence-corrected chi connectivity index (χ3v) is 3.22. The minimum atomic E-state index is 0.170. The van der Waals surface area contributed by atoms with Crippen molar-refractivity contribution in [3.63, 3.8) is 0 Å². The van der Waals surface area contributed by atoms with Crippen LogP contribution in [0.25, 0.3) is 0 Å². The summed E-state index contributed by atoms with van der Waals surface area (Å²) < 4.78 is 1.22. The van der Waals surface area contributed by atoms with E-state index in [1.807, 2.05) is 0 Å². The zero-order valence-corrected chi connectivity index (χ0v) is 10.9. The lowest BCUT2D eigenvalue weighted by molar-refractivity contribution is 0.424. The van der Waals surface area contributed by atoms with Gasteiger partial charge in [0.25, 0.3) is 0 Å². The van der Waals surface area contributed by atoms with Gasteiger partial charge in [0.15, 0.2) is 0 Å². The predicted molar refractivity (Wildman–Crippen MR) is 65.5 cm³/mol. The van der Waals surface area contributed by atoms with Crippen LogP contribution in [0.2, 0.25) is 0 Å². The number of hydrogen-bond donors (Lipinski definition) is 1. The highest BCUT2D eigenvalue weighted by molar-refractivity contribution is 9.10. The van der Waals surface area contributed by atoms with Crippen LogP contribution in [0.15, 0.2) is 22.7 Å². The summed E-state index contributed by atoms with van der Waals surface area (Å²) in [6, 6.07) is 6.36. The third-order valence-electron chi connectivity index (χ3n) is 2.08. The molecule has 0 unspecified atom stereocenters. The van der Waals surface area contributed by atoms with Crippen molar-refractivity contribution in [3.8, 4) is 0 Å². The lowest BCUT2D eigenvalue weighted by atomic mass is 10.1. The van der Waals surface area contributed by atoms with Crippen LogP contribution in [0.3, 0.4) is 0 Å². The Kier molecular flexibility index (Phi) is 3.73. The molecule has 1 N–H and O–H groups in total. The van der Waals surface area contributed by atoms with Crippen molar-refractivity contribution < 1.29 is 0 Å². The molecule has 0 bridgehead atoms. The molecule has 1 aromatic rings. The minimum Gasteiger partial charge on any atom is -0.308 e. The zero-order valence-electron chi connectivity index (χ0n) is 9.32. The van der Waals surface area contributed by atoms with Crippen LogP contribution in [0, 0.1) is 6.92 Å². The number of nitrogens with one attached hydrogen (secondary N) is 1. The van der Waals surface area contributed by atoms with E-state index in [0.717, 1.165) is 6.54 Å². The Morgan fingerprint density at radius 2 is 1.93 bits per heavy atom. The molecule has 0 saturated carbocycles. The molecule has 0 fully saturated rings. The average Bonchev–Trinajstić information content (AvgIpc) is 2.06. The summed E-state index contributed by atoms with van der Waals surface area (Å²) in [4.78, 5) is 0. The van der Waals surface area contributed by atoms with E-state index in [9.17, 15) is 0 Å². The van der Waals surface area contributed by atoms with E-state index < -0.39 is 0 Å². The highest BCUT2D eigenvalue weighted by Gasteiger charge is 2.09. The minimum absolute atomic E-state index is 0.170. The molecule has 0 aliphatic carbocycles. The summed E-state index contributed by atoms with van der Waals surface area (Å²) in [5, 5.41) is 3.48. The number of benzene rings is 1. The first-order valence-electron chi connectivity index (χ1n) is 4.89. The van der Waals surface area contributed by atoms with E-state index in [-0.39, 0.29) is 5.54 Å². The molecule has 0 saturated heterocycles. The molecule has 0 atom stereocenters. The van der Waals surface area contributed by atoms with Crippen molar-refractivity contribution in [2.45, 2.75) is 39.8 Å². The first-order chi connectivity index (χ1) is 6.40. The first kappa shape index (κ1) is 11.7. The summed E-state index contributed by atoms with van der Waals surface area (Å²) >= 11 is 3.61. The van der Waals surface area contributed by atoms with Gasteiger partial charge in [-0.1, -0.05) is 34.1 Å². The van der Waals surface area contributed by atoms with Crippen molar-refractivity contribution in [2.75, 3.05) is 0 Å². The molecule has 0 heterocycles. The molecule has 14 heavy (non-hydrogen) atoms. The van der Waals surface area contributed by atoms with Gasteiger partial charge in [-0.15, -0.1) is 0 Å². The summed E-state index contributed by atoms with van der Waals surface area (Å²) in [5.41, 5.74) is 2.78. The van der Waals surface area contributed by atoms with E-state index in [2.05, 4.69) is 67.1 Å². The van der Waals surface area contributed by atoms with E-state index in [4.69, 9.17) is 0 Å². The van der Waals surface area contributed by atoms with Crippen LogP contribution < -0.4 is 5.32 Å². The molecule has 0 aromatic heterocycles. The normalized spacial score (nSPS) is 11.8. The van der Waals surface area contributed by atoms with Gasteiger partial charge in [0.1, 0.15) is 0 Å². The molecule has 1 aromatic carbocycles. The van der Waals surface area contributed by atoms with Gasteiger partial charge in [-0.3, -0.25) is 0 Å². The SMILES string of the molecule is Cc1cccc(CNC(C)(C)C)c1Br. The smallest absolute Gasteiger partial charge is 0.0249 e. The number of rotatable bonds is 2. The van der Waals surface area contributed by atoms with Gasteiger partial charge < -0.3 is 5.32 Å². The molecule has 0 spiro atoms. The topological polar surface area (TPSA) is 12.0 Å². The van der Waals surface area contributed by atoms with Crippen LogP contribution in [0.4, 0.5) is 0 Å². The van der Waals surface area contributed by atoms with Crippen LogP contribution in [0.1, 0.15) is 31.9 Å². The van der Waals surface area contributed by atoms with E-state index in [1.54, 1.807) is 0 Å². The lowest BCUT2D eigenvalue weighted by Crippen LogP contribution is -2.35. The summed E-state index contributed by atoms with van der Waals surface area (Å²) in [7, 11) is 0. The molecule has 2 heteroatoms. The van der Waals surface area contributed by atoms with Crippen molar-refractivity contribution in [1.29, 1.82) is 0 Å². The first-order valence-corrected chi connectivity index (χ1v) is 5.68. The highest BCUT2D eigenvalue weighted by Crippen LogP contribution is 2.21. The molecular formula is C12H18BrN. The second-order valence-corrected chi connectivity index (χ2v) is 5.44. The van der Waals surface area contributed by atoms with Gasteiger partial charge in [0.05, 0.1) is 0 Å². The molecule has 0 amide bonds. The maximum Gasteiger partial charge on any atom is 0.0249 e. The van der Waals surface area contributed by atoms with E-state index >= 15 is 0 Å². The van der Waals surface area contributed by atoms with E-state index in [1.165, 1.54) is 15.6 Å². The van der Waals surface area contributed by atoms with E-state index in [0.29, 0.717) is 0 Å². The molecule has 0 aliphatic rings. The molecule has 78 valence electrons. The summed E-state index contributed by atoms with van der Waals surface area (Å²) in [6.45, 7) is 9.56. The zero-order chi connectivity index (χ0) is 10.8. The van der Waals surface area contributed by atoms with Gasteiger partial charge in [-0.2, -0.15) is 0 Å². The van der Waals surface area contributed by atoms with Crippen molar-refractivity contribution in [1.82, 2.24) is 5.32 Å². The summed E-state index contributed by atoms with van der Waals surface area (Å²) in [5.74, 6) is 0. The van der Waals surface area contributed by atoms with Gasteiger partial charge in [0, 0.05) is 16.6 Å². The molecule has 0 radical (unpaired) electrons. The Balaban J connectivity index is 2.73. The Bertz CT molecular complexity index is 313. The van der Waals surface area contributed by atoms with Crippen molar-refractivity contribution >= 4 is 15.9 Å². The molecule has 1 rings (SSSR count). The monoisotopic (exact) mass is 255 g/mol. The van der Waals surface area contributed by atoms with Crippen LogP contribution in [-0.4, -0.2) is 5.54 Å². The van der Waals surface area contributed by atoms with Crippen molar-refractivity contribution in [2.24, 2.45) is 0 Å². The predicted octanol–water partition coefficient (Wildman–Crippen LogP) is 3.65. The van der Waals surface area contributed by atoms with Gasteiger partial charge in [-0.05, 0) is 38.8 Å². The Morgan fingerprint density at radius 1 is 1.29 bits per heavy atom. The fourth-order valence-electron chi connectivity index (χ4n) is 1.21. The standard InChI is InChI=1S/C12H18BrN/c1-9-6-5-7-10(11(9)13)8-14-12(2,3)4/h5-7,14H,8H2,1-4H3. The van der Waals surface area contributed by atoms with Crippen LogP contribution in [-0.2, 0) is 6.54 Å². The Morgan fingerprint density at radius 3 is 2.50 bits per heavy atom. The fraction of sp³-hybridized carbons (Fsp3) is 0.500. The fourth-order valence-corrected chi connectivity index (χ4v) is 1.61. The molecule has 0 aliphatic heterocycles. The highest BCUT2D eigenvalue weighted by atomic mass is 79.9. The Hall–Kier alpha value is -0.340. The van der Waals surface area contributed by atoms with Crippen LogP contribution >= 0.6 is 15.9 Å². The lowest BCUT2D eigenvalue weighted by Gasteiger charge is -2.21. The van der Waals surface area contributed by atoms with Gasteiger partial charge in [-0.25, -0.2) is 0 Å². The molecule has 1 nitrogen and oxygen atoms in total. The number of hydrogen-bond acceptors (Lipinski definition) is 1. The maximum absolute atomic E-state index is 3.61. The number of aryl methyl sites for hydroxylation is 1. The quantitative estimate of drug-likeness (QED) is 0.851. The third kappa shape index (κ3) is 3.43. The van der Waals surface area contributed by atoms with Gasteiger partial charge >= 0.3 is 0 Å². The largest absolute Gasteiger partial charge is 0.308 e. The van der Waals surface area contributed by atoms with Crippen molar-refractivity contribution in [3.05, 3.63) is 33.8 Å². The second kappa shape index (κ2) is 4.45. The number of halogens is 1. The van der Waals surface area contributed by atoms with Crippen LogP contribution in [0.5, 0.6) is 0 Å². The van der Waals surface area contributed by atoms with Gasteiger partial charge in [0.2, 0.25) is 0 Å². The Labute approximate surface area is 95.0 Å². The molecular weight excluding hydrogens is 238 g/mol. The maximum atomic E-state index is 3.61.